The fourth-order valence-corrected chi connectivity index (χ4v) is 9.18. The lowest BCUT2D eigenvalue weighted by Crippen LogP contribution is -2.58. The summed E-state index contributed by atoms with van der Waals surface area (Å²) in [6.07, 6.45) is 12.8. The number of aliphatic hydroxyl groups is 2. The molecule has 9 atom stereocenters. The van der Waals surface area contributed by atoms with Gasteiger partial charge in [0.15, 0.2) is 0 Å². The van der Waals surface area contributed by atoms with E-state index in [0.717, 1.165) is 42.6 Å². The van der Waals surface area contributed by atoms with Crippen molar-refractivity contribution in [2.75, 3.05) is 0 Å². The van der Waals surface area contributed by atoms with Gasteiger partial charge in [0.1, 0.15) is 0 Å². The highest BCUT2D eigenvalue weighted by Crippen LogP contribution is 2.69. The molecule has 2 heteroatoms. The van der Waals surface area contributed by atoms with Crippen molar-refractivity contribution in [3.8, 4) is 0 Å². The first-order valence-corrected chi connectivity index (χ1v) is 13.1. The van der Waals surface area contributed by atoms with E-state index in [1.807, 2.05) is 6.92 Å². The summed E-state index contributed by atoms with van der Waals surface area (Å²) in [5, 5.41) is 21.0. The van der Waals surface area contributed by atoms with Crippen molar-refractivity contribution in [1.29, 1.82) is 0 Å². The predicted molar refractivity (Wildman–Crippen MR) is 130 cm³/mol. The van der Waals surface area contributed by atoms with Crippen molar-refractivity contribution in [2.45, 2.75) is 112 Å². The lowest BCUT2D eigenvalue weighted by Gasteiger charge is -2.63. The Morgan fingerprint density at radius 3 is 2.48 bits per heavy atom. The normalized spacial score (nSPS) is 45.7. The number of aliphatic hydroxyl groups excluding tert-OH is 2. The zero-order valence-electron chi connectivity index (χ0n) is 21.1. The van der Waals surface area contributed by atoms with E-state index < -0.39 is 0 Å². The second-order valence-electron chi connectivity index (χ2n) is 13.1. The van der Waals surface area contributed by atoms with E-state index in [4.69, 9.17) is 0 Å². The van der Waals surface area contributed by atoms with Crippen LogP contribution < -0.4 is 0 Å². The first-order valence-electron chi connectivity index (χ1n) is 13.1. The molecule has 176 valence electrons. The van der Waals surface area contributed by atoms with E-state index in [-0.39, 0.29) is 17.6 Å². The van der Waals surface area contributed by atoms with Crippen LogP contribution in [0, 0.1) is 45.8 Å². The third-order valence-electron chi connectivity index (χ3n) is 11.2. The highest BCUT2D eigenvalue weighted by Gasteiger charge is 2.61. The molecule has 31 heavy (non-hydrogen) atoms. The number of hydrogen-bond acceptors (Lipinski definition) is 2. The van der Waals surface area contributed by atoms with Crippen molar-refractivity contribution in [3.05, 3.63) is 23.8 Å². The minimum absolute atomic E-state index is 0.0456. The summed E-state index contributed by atoms with van der Waals surface area (Å²) in [6, 6.07) is 0. The molecule has 2 N–H and O–H groups in total. The summed E-state index contributed by atoms with van der Waals surface area (Å²) in [6.45, 7) is 18.1. The van der Waals surface area contributed by atoms with Gasteiger partial charge in [0.25, 0.3) is 0 Å². The maximum absolute atomic E-state index is 10.8. The van der Waals surface area contributed by atoms with Crippen LogP contribution >= 0.6 is 0 Å². The first-order chi connectivity index (χ1) is 14.4. The number of allylic oxidation sites excluding steroid dienone is 2. The molecule has 0 spiro atoms. The van der Waals surface area contributed by atoms with Gasteiger partial charge in [-0.3, -0.25) is 0 Å². The Balaban J connectivity index is 1.51. The molecule has 3 saturated carbocycles. The van der Waals surface area contributed by atoms with Crippen molar-refractivity contribution in [1.82, 2.24) is 0 Å². The topological polar surface area (TPSA) is 40.5 Å². The Kier molecular flexibility index (Phi) is 6.09. The molecule has 0 saturated heterocycles. The maximum Gasteiger partial charge on any atom is 0.0744 e. The van der Waals surface area contributed by atoms with Crippen LogP contribution in [0.4, 0.5) is 0 Å². The number of hydrogen-bond donors (Lipinski definition) is 2. The Labute approximate surface area is 191 Å². The first kappa shape index (κ1) is 23.6. The molecular formula is C29H48O2. The second kappa shape index (κ2) is 8.01. The largest absolute Gasteiger partial charge is 0.393 e. The van der Waals surface area contributed by atoms with Gasteiger partial charge in [-0.25, -0.2) is 0 Å². The SMILES string of the molecule is C=C(C)[C@@H](O)CC[C@H](C)[C@@H]1CC=C2[C@@H]3CC[C@H]4C(C)(C)[C@@H](O)CC[C@]4(C)[C@H]3CC[C@]21C. The highest BCUT2D eigenvalue weighted by atomic mass is 16.3. The molecule has 0 radical (unpaired) electrons. The molecule has 0 aliphatic heterocycles. The highest BCUT2D eigenvalue weighted by molar-refractivity contribution is 5.30. The molecule has 0 heterocycles. The quantitative estimate of drug-likeness (QED) is 0.467. The summed E-state index contributed by atoms with van der Waals surface area (Å²) in [7, 11) is 0. The van der Waals surface area contributed by atoms with Gasteiger partial charge in [-0.2, -0.15) is 0 Å². The van der Waals surface area contributed by atoms with Gasteiger partial charge < -0.3 is 10.2 Å². The third kappa shape index (κ3) is 3.59. The summed E-state index contributed by atoms with van der Waals surface area (Å²) >= 11 is 0. The van der Waals surface area contributed by atoms with Gasteiger partial charge in [0, 0.05) is 0 Å². The van der Waals surface area contributed by atoms with E-state index in [9.17, 15) is 10.2 Å². The summed E-state index contributed by atoms with van der Waals surface area (Å²) < 4.78 is 0. The monoisotopic (exact) mass is 428 g/mol. The van der Waals surface area contributed by atoms with Crippen LogP contribution in [0.5, 0.6) is 0 Å². The molecule has 0 aromatic rings. The van der Waals surface area contributed by atoms with Crippen LogP contribution in [0.2, 0.25) is 0 Å². The van der Waals surface area contributed by atoms with Crippen LogP contribution in [-0.2, 0) is 0 Å². The minimum Gasteiger partial charge on any atom is -0.393 e. The lowest BCUT2D eigenvalue weighted by molar-refractivity contribution is -0.156. The molecule has 0 amide bonds. The molecule has 0 aromatic heterocycles. The van der Waals surface area contributed by atoms with Crippen LogP contribution in [0.3, 0.4) is 0 Å². The Morgan fingerprint density at radius 2 is 1.81 bits per heavy atom. The standard InChI is InChI=1S/C29H48O2/c1-18(2)24(30)12-8-19(3)21-10-11-22-20-9-13-25-27(4,5)26(31)15-17-29(25,7)23(20)14-16-28(21,22)6/h11,19-21,23-26,30-31H,1,8-10,12-17H2,2-7H3/t19-,20-,21-,23-,24-,25-,26-,28-,29+/m0/s1. The molecule has 4 aliphatic carbocycles. The minimum atomic E-state index is -0.347. The summed E-state index contributed by atoms with van der Waals surface area (Å²) in [5.74, 6) is 3.55. The Morgan fingerprint density at radius 1 is 1.10 bits per heavy atom. The van der Waals surface area contributed by atoms with Crippen molar-refractivity contribution in [3.63, 3.8) is 0 Å². The van der Waals surface area contributed by atoms with E-state index in [0.29, 0.717) is 22.7 Å². The molecule has 2 nitrogen and oxygen atoms in total. The lowest BCUT2D eigenvalue weighted by atomic mass is 9.41. The van der Waals surface area contributed by atoms with Crippen molar-refractivity contribution in [2.24, 2.45) is 45.8 Å². The molecule has 0 unspecified atom stereocenters. The second-order valence-corrected chi connectivity index (χ2v) is 13.1. The molecule has 3 fully saturated rings. The molecule has 4 rings (SSSR count). The molecule has 0 bridgehead atoms. The zero-order valence-corrected chi connectivity index (χ0v) is 21.1. The van der Waals surface area contributed by atoms with E-state index in [1.165, 1.54) is 38.5 Å². The maximum atomic E-state index is 10.8. The van der Waals surface area contributed by atoms with Gasteiger partial charge in [0.05, 0.1) is 12.2 Å². The summed E-state index contributed by atoms with van der Waals surface area (Å²) in [4.78, 5) is 0. The summed E-state index contributed by atoms with van der Waals surface area (Å²) in [5.41, 5.74) is 3.47. The molecule has 0 aromatic carbocycles. The Bertz CT molecular complexity index is 735. The van der Waals surface area contributed by atoms with Crippen LogP contribution in [0.1, 0.15) is 99.3 Å². The average molecular weight is 429 g/mol. The van der Waals surface area contributed by atoms with Crippen LogP contribution in [-0.4, -0.2) is 22.4 Å². The van der Waals surface area contributed by atoms with E-state index in [2.05, 4.69) is 47.3 Å². The molecular weight excluding hydrogens is 380 g/mol. The number of fused-ring (bicyclic) bond motifs is 5. The van der Waals surface area contributed by atoms with E-state index in [1.54, 1.807) is 5.57 Å². The van der Waals surface area contributed by atoms with Gasteiger partial charge in [-0.1, -0.05) is 58.4 Å². The van der Waals surface area contributed by atoms with E-state index >= 15 is 0 Å². The predicted octanol–water partition coefficient (Wildman–Crippen LogP) is 6.92. The van der Waals surface area contributed by atoms with Gasteiger partial charge in [-0.05, 0) is 111 Å². The van der Waals surface area contributed by atoms with Crippen LogP contribution in [0.25, 0.3) is 0 Å². The third-order valence-corrected chi connectivity index (χ3v) is 11.2. The Hall–Kier alpha value is -0.600. The van der Waals surface area contributed by atoms with Gasteiger partial charge in [0.2, 0.25) is 0 Å². The average Bonchev–Trinajstić information content (AvgIpc) is 3.06. The van der Waals surface area contributed by atoms with Gasteiger partial charge in [-0.15, -0.1) is 0 Å². The molecule has 4 aliphatic rings. The van der Waals surface area contributed by atoms with Crippen molar-refractivity contribution >= 4 is 0 Å². The fraction of sp³-hybridized carbons (Fsp3) is 0.862. The zero-order chi connectivity index (χ0) is 22.8. The van der Waals surface area contributed by atoms with Crippen LogP contribution in [0.15, 0.2) is 23.8 Å². The smallest absolute Gasteiger partial charge is 0.0744 e. The fourth-order valence-electron chi connectivity index (χ4n) is 9.18. The number of rotatable bonds is 5. The van der Waals surface area contributed by atoms with Crippen molar-refractivity contribution < 1.29 is 10.2 Å². The van der Waals surface area contributed by atoms with Gasteiger partial charge >= 0.3 is 0 Å².